The number of rotatable bonds is 8. The Morgan fingerprint density at radius 2 is 1.51 bits per heavy atom. The van der Waals surface area contributed by atoms with Gasteiger partial charge >= 0.3 is 0 Å². The predicted octanol–water partition coefficient (Wildman–Crippen LogP) is 5.37. The highest BCUT2D eigenvalue weighted by Crippen LogP contribution is 2.32. The van der Waals surface area contributed by atoms with Crippen molar-refractivity contribution in [3.63, 3.8) is 0 Å². The summed E-state index contributed by atoms with van der Waals surface area (Å²) in [6.45, 7) is 5.23. The SMILES string of the molecule is Cc1cc2nc(N(CCN(C)C)C(=O)c3ccc(S(=O)(=O)N(C)c4ccccc4)cc3)sc2cc1C.Cl. The second kappa shape index (κ2) is 11.6. The van der Waals surface area contributed by atoms with Crippen molar-refractivity contribution < 1.29 is 13.2 Å². The molecule has 37 heavy (non-hydrogen) atoms. The molecular weight excluding hydrogens is 528 g/mol. The molecule has 0 aliphatic carbocycles. The van der Waals surface area contributed by atoms with Crippen molar-refractivity contribution in [3.05, 3.63) is 83.4 Å². The Hall–Kier alpha value is -2.98. The van der Waals surface area contributed by atoms with Crippen LogP contribution < -0.4 is 9.21 Å². The van der Waals surface area contributed by atoms with Crippen molar-refractivity contribution in [3.8, 4) is 0 Å². The first-order chi connectivity index (χ1) is 17.1. The highest BCUT2D eigenvalue weighted by molar-refractivity contribution is 7.92. The van der Waals surface area contributed by atoms with Crippen molar-refractivity contribution in [1.82, 2.24) is 9.88 Å². The molecule has 3 aromatic carbocycles. The van der Waals surface area contributed by atoms with Gasteiger partial charge in [0.1, 0.15) is 0 Å². The van der Waals surface area contributed by atoms with Crippen LogP contribution in [0.4, 0.5) is 10.8 Å². The van der Waals surface area contributed by atoms with Crippen molar-refractivity contribution in [2.75, 3.05) is 43.4 Å². The first-order valence-electron chi connectivity index (χ1n) is 11.6. The minimum absolute atomic E-state index is 0. The summed E-state index contributed by atoms with van der Waals surface area (Å²) in [6, 6.07) is 19.1. The molecule has 7 nitrogen and oxygen atoms in total. The number of hydrogen-bond donors (Lipinski definition) is 0. The van der Waals surface area contributed by atoms with Gasteiger partial charge in [-0.05, 0) is 87.6 Å². The number of para-hydroxylation sites is 1. The first-order valence-corrected chi connectivity index (χ1v) is 13.8. The van der Waals surface area contributed by atoms with Gasteiger partial charge in [0.2, 0.25) is 0 Å². The third-order valence-corrected chi connectivity index (χ3v) is 8.96. The maximum atomic E-state index is 13.6. The molecule has 4 aromatic rings. The van der Waals surface area contributed by atoms with E-state index < -0.39 is 10.0 Å². The Balaban J connectivity index is 0.00000380. The lowest BCUT2D eigenvalue weighted by atomic mass is 10.1. The van der Waals surface area contributed by atoms with E-state index in [1.807, 2.05) is 38.1 Å². The molecular formula is C27H31ClN4O3S2. The molecule has 0 unspecified atom stereocenters. The zero-order valence-corrected chi connectivity index (χ0v) is 24.0. The Labute approximate surface area is 228 Å². The maximum absolute atomic E-state index is 13.6. The fraction of sp³-hybridized carbons (Fsp3) is 0.259. The van der Waals surface area contributed by atoms with Crippen molar-refractivity contribution >= 4 is 60.7 Å². The largest absolute Gasteiger partial charge is 0.308 e. The summed E-state index contributed by atoms with van der Waals surface area (Å²) in [5, 5.41) is 0.627. The van der Waals surface area contributed by atoms with Crippen LogP contribution in [0.2, 0.25) is 0 Å². The average molecular weight is 559 g/mol. The van der Waals surface area contributed by atoms with Gasteiger partial charge in [-0.3, -0.25) is 14.0 Å². The van der Waals surface area contributed by atoms with Gasteiger partial charge in [0.15, 0.2) is 5.13 Å². The lowest BCUT2D eigenvalue weighted by Gasteiger charge is -2.22. The second-order valence-electron chi connectivity index (χ2n) is 8.99. The van der Waals surface area contributed by atoms with Crippen LogP contribution in [0.3, 0.4) is 0 Å². The van der Waals surface area contributed by atoms with E-state index in [-0.39, 0.29) is 23.2 Å². The van der Waals surface area contributed by atoms with Crippen molar-refractivity contribution in [1.29, 1.82) is 0 Å². The van der Waals surface area contributed by atoms with Gasteiger partial charge in [-0.1, -0.05) is 29.5 Å². The maximum Gasteiger partial charge on any atom is 0.264 e. The minimum atomic E-state index is -3.76. The van der Waals surface area contributed by atoms with Crippen LogP contribution in [0.15, 0.2) is 71.6 Å². The Morgan fingerprint density at radius 1 is 0.892 bits per heavy atom. The number of anilines is 2. The van der Waals surface area contributed by atoms with E-state index in [0.717, 1.165) is 15.8 Å². The van der Waals surface area contributed by atoms with E-state index in [1.54, 1.807) is 41.3 Å². The van der Waals surface area contributed by atoms with Gasteiger partial charge in [0.05, 0.1) is 20.8 Å². The summed E-state index contributed by atoms with van der Waals surface area (Å²) in [7, 11) is 1.66. The lowest BCUT2D eigenvalue weighted by Crippen LogP contribution is -2.36. The molecule has 1 amide bonds. The molecule has 196 valence electrons. The van der Waals surface area contributed by atoms with Crippen molar-refractivity contribution in [2.45, 2.75) is 18.7 Å². The fourth-order valence-corrected chi connectivity index (χ4v) is 5.99. The van der Waals surface area contributed by atoms with Gasteiger partial charge < -0.3 is 4.90 Å². The average Bonchev–Trinajstić information content (AvgIpc) is 3.26. The van der Waals surface area contributed by atoms with Gasteiger partial charge in [-0.2, -0.15) is 0 Å². The number of thiazole rings is 1. The molecule has 1 aromatic heterocycles. The number of fused-ring (bicyclic) bond motifs is 1. The normalized spacial score (nSPS) is 11.4. The summed E-state index contributed by atoms with van der Waals surface area (Å²) in [4.78, 5) is 22.2. The number of carbonyl (C=O) groups is 1. The molecule has 0 aliphatic rings. The van der Waals surface area contributed by atoms with Crippen LogP contribution >= 0.6 is 23.7 Å². The molecule has 0 atom stereocenters. The summed E-state index contributed by atoms with van der Waals surface area (Å²) >= 11 is 1.48. The standard InChI is InChI=1S/C27H30N4O3S2.ClH/c1-19-17-24-25(18-20(19)2)35-27(28-24)31(16-15-29(3)4)26(32)21-11-13-23(14-12-21)36(33,34)30(5)22-9-7-6-8-10-22;/h6-14,17-18H,15-16H2,1-5H3;1H. The zero-order valence-electron chi connectivity index (χ0n) is 21.5. The Bertz CT molecular complexity index is 1450. The number of nitrogens with zero attached hydrogens (tertiary/aromatic N) is 4. The lowest BCUT2D eigenvalue weighted by molar-refractivity contribution is 0.0985. The number of aryl methyl sites for hydroxylation is 2. The third-order valence-electron chi connectivity index (χ3n) is 6.12. The molecule has 0 bridgehead atoms. The smallest absolute Gasteiger partial charge is 0.264 e. The van der Waals surface area contributed by atoms with Crippen LogP contribution in [0, 0.1) is 13.8 Å². The monoisotopic (exact) mass is 558 g/mol. The third kappa shape index (κ3) is 6.13. The number of hydrogen-bond acceptors (Lipinski definition) is 6. The van der Waals surface area contributed by atoms with E-state index in [2.05, 4.69) is 13.0 Å². The number of aromatic nitrogens is 1. The highest BCUT2D eigenvalue weighted by atomic mass is 35.5. The summed E-state index contributed by atoms with van der Waals surface area (Å²) in [6.07, 6.45) is 0. The van der Waals surface area contributed by atoms with Crippen LogP contribution in [0.5, 0.6) is 0 Å². The minimum Gasteiger partial charge on any atom is -0.308 e. The number of amides is 1. The first kappa shape index (κ1) is 28.6. The summed E-state index contributed by atoms with van der Waals surface area (Å²) < 4.78 is 28.5. The molecule has 0 fully saturated rings. The number of sulfonamides is 1. The predicted molar refractivity (Wildman–Crippen MR) is 155 cm³/mol. The molecule has 0 saturated heterocycles. The van der Waals surface area contributed by atoms with Gasteiger partial charge in [0.25, 0.3) is 15.9 Å². The Morgan fingerprint density at radius 3 is 2.14 bits per heavy atom. The molecule has 0 aliphatic heterocycles. The van der Waals surface area contributed by atoms with Gasteiger partial charge in [-0.15, -0.1) is 12.4 Å². The van der Waals surface area contributed by atoms with Crippen LogP contribution in [-0.2, 0) is 10.0 Å². The summed E-state index contributed by atoms with van der Waals surface area (Å²) in [5.74, 6) is -0.218. The van der Waals surface area contributed by atoms with E-state index in [4.69, 9.17) is 4.98 Å². The van der Waals surface area contributed by atoms with E-state index in [0.29, 0.717) is 29.5 Å². The zero-order chi connectivity index (χ0) is 26.0. The second-order valence-corrected chi connectivity index (χ2v) is 12.0. The molecule has 0 radical (unpaired) electrons. The van der Waals surface area contributed by atoms with E-state index in [1.165, 1.54) is 40.4 Å². The summed E-state index contributed by atoms with van der Waals surface area (Å²) in [5.41, 5.74) is 4.17. The highest BCUT2D eigenvalue weighted by Gasteiger charge is 2.24. The molecule has 0 N–H and O–H groups in total. The molecule has 10 heteroatoms. The number of benzene rings is 3. The topological polar surface area (TPSA) is 73.8 Å². The number of carbonyl (C=O) groups excluding carboxylic acids is 1. The Kier molecular flexibility index (Phi) is 8.96. The van der Waals surface area contributed by atoms with Gasteiger partial charge in [-0.25, -0.2) is 13.4 Å². The van der Waals surface area contributed by atoms with Crippen LogP contribution in [-0.4, -0.2) is 58.4 Å². The molecule has 0 spiro atoms. The number of likely N-dealkylation sites (N-methyl/N-ethyl adjacent to an activating group) is 1. The molecule has 1 heterocycles. The van der Waals surface area contributed by atoms with Crippen molar-refractivity contribution in [2.24, 2.45) is 0 Å². The van der Waals surface area contributed by atoms with Crippen LogP contribution in [0.25, 0.3) is 10.2 Å². The molecule has 0 saturated carbocycles. The fourth-order valence-electron chi connectivity index (χ4n) is 3.73. The van der Waals surface area contributed by atoms with E-state index >= 15 is 0 Å². The van der Waals surface area contributed by atoms with Crippen LogP contribution in [0.1, 0.15) is 21.5 Å². The van der Waals surface area contributed by atoms with E-state index in [9.17, 15) is 13.2 Å². The van der Waals surface area contributed by atoms with Gasteiger partial charge in [0, 0.05) is 25.7 Å². The quantitative estimate of drug-likeness (QED) is 0.291. The molecule has 4 rings (SSSR count). The number of halogens is 1.